The first kappa shape index (κ1) is 12.6. The van der Waals surface area contributed by atoms with E-state index in [-0.39, 0.29) is 12.5 Å². The van der Waals surface area contributed by atoms with Gasteiger partial charge >= 0.3 is 0 Å². The van der Waals surface area contributed by atoms with Crippen molar-refractivity contribution in [3.05, 3.63) is 28.2 Å². The van der Waals surface area contributed by atoms with Crippen LogP contribution in [0.5, 0.6) is 0 Å². The molecule has 1 aromatic carbocycles. The first-order valence-electron chi connectivity index (χ1n) is 5.14. The average Bonchev–Trinajstić information content (AvgIpc) is 2.72. The fraction of sp³-hybridized carbons (Fsp3) is 0.364. The topological polar surface area (TPSA) is 64.4 Å². The lowest BCUT2D eigenvalue weighted by Crippen LogP contribution is -2.51. The fourth-order valence-corrected chi connectivity index (χ4v) is 1.89. The van der Waals surface area contributed by atoms with E-state index in [1.807, 2.05) is 0 Å². The van der Waals surface area contributed by atoms with Gasteiger partial charge in [-0.3, -0.25) is 4.79 Å². The van der Waals surface area contributed by atoms with E-state index >= 15 is 0 Å². The Morgan fingerprint density at radius 3 is 2.76 bits per heavy atom. The lowest BCUT2D eigenvalue weighted by atomic mass is 9.99. The van der Waals surface area contributed by atoms with Gasteiger partial charge in [0, 0.05) is 12.3 Å². The molecular formula is C11H12Cl2N2O2. The summed E-state index contributed by atoms with van der Waals surface area (Å²) in [6, 6.07) is 4.88. The number of rotatable bonds is 2. The van der Waals surface area contributed by atoms with Crippen LogP contribution >= 0.6 is 23.2 Å². The van der Waals surface area contributed by atoms with E-state index in [0.29, 0.717) is 28.8 Å². The monoisotopic (exact) mass is 274 g/mol. The molecule has 1 heterocycles. The third-order valence-electron chi connectivity index (χ3n) is 2.68. The largest absolute Gasteiger partial charge is 0.379 e. The number of benzene rings is 1. The summed E-state index contributed by atoms with van der Waals surface area (Å²) in [7, 11) is 0. The second kappa shape index (κ2) is 4.82. The van der Waals surface area contributed by atoms with Crippen LogP contribution in [0, 0.1) is 0 Å². The quantitative estimate of drug-likeness (QED) is 0.868. The highest BCUT2D eigenvalue weighted by Crippen LogP contribution is 2.26. The lowest BCUT2D eigenvalue weighted by Gasteiger charge is -2.20. The average molecular weight is 275 g/mol. The van der Waals surface area contributed by atoms with Crippen molar-refractivity contribution in [2.75, 3.05) is 18.5 Å². The second-order valence-corrected chi connectivity index (χ2v) is 4.86. The van der Waals surface area contributed by atoms with Gasteiger partial charge in [0.1, 0.15) is 5.54 Å². The molecule has 3 N–H and O–H groups in total. The molecule has 1 fully saturated rings. The van der Waals surface area contributed by atoms with Crippen LogP contribution in [0.2, 0.25) is 10.0 Å². The smallest absolute Gasteiger partial charge is 0.246 e. The number of ether oxygens (including phenoxy) is 1. The van der Waals surface area contributed by atoms with Gasteiger partial charge in [-0.1, -0.05) is 23.2 Å². The van der Waals surface area contributed by atoms with Crippen molar-refractivity contribution >= 4 is 34.8 Å². The first-order valence-corrected chi connectivity index (χ1v) is 5.90. The Hall–Kier alpha value is -0.810. The Morgan fingerprint density at radius 2 is 2.18 bits per heavy atom. The summed E-state index contributed by atoms with van der Waals surface area (Å²) in [5.41, 5.74) is 5.54. The van der Waals surface area contributed by atoms with Crippen molar-refractivity contribution in [3.63, 3.8) is 0 Å². The van der Waals surface area contributed by atoms with Gasteiger partial charge < -0.3 is 15.8 Å². The number of carbonyl (C=O) groups is 1. The normalized spacial score (nSPS) is 23.7. The van der Waals surface area contributed by atoms with E-state index in [9.17, 15) is 4.79 Å². The van der Waals surface area contributed by atoms with Crippen molar-refractivity contribution in [1.82, 2.24) is 0 Å². The fourth-order valence-electron chi connectivity index (χ4n) is 1.59. The maximum absolute atomic E-state index is 11.9. The number of halogens is 2. The highest BCUT2D eigenvalue weighted by Gasteiger charge is 2.38. The van der Waals surface area contributed by atoms with Crippen LogP contribution < -0.4 is 11.1 Å². The summed E-state index contributed by atoms with van der Waals surface area (Å²) in [6.45, 7) is 0.742. The number of carbonyl (C=O) groups excluding carboxylic acids is 1. The molecule has 1 atom stereocenters. The Kier molecular flexibility index (Phi) is 3.58. The van der Waals surface area contributed by atoms with Gasteiger partial charge in [0.2, 0.25) is 5.91 Å². The second-order valence-electron chi connectivity index (χ2n) is 4.04. The Labute approximate surface area is 109 Å². The molecule has 1 saturated heterocycles. The van der Waals surface area contributed by atoms with Crippen LogP contribution in [0.15, 0.2) is 18.2 Å². The van der Waals surface area contributed by atoms with E-state index in [1.165, 1.54) is 0 Å². The van der Waals surface area contributed by atoms with Gasteiger partial charge in [0.25, 0.3) is 0 Å². The van der Waals surface area contributed by atoms with Crippen LogP contribution in [0.25, 0.3) is 0 Å². The molecule has 0 aliphatic carbocycles. The van der Waals surface area contributed by atoms with E-state index in [2.05, 4.69) is 5.32 Å². The highest BCUT2D eigenvalue weighted by atomic mass is 35.5. The highest BCUT2D eigenvalue weighted by molar-refractivity contribution is 6.42. The molecule has 92 valence electrons. The van der Waals surface area contributed by atoms with E-state index in [4.69, 9.17) is 33.7 Å². The van der Waals surface area contributed by atoms with Crippen LogP contribution in [0.4, 0.5) is 5.69 Å². The predicted octanol–water partition coefficient (Wildman–Crippen LogP) is 2.05. The van der Waals surface area contributed by atoms with Gasteiger partial charge in [0.05, 0.1) is 16.7 Å². The molecule has 1 unspecified atom stereocenters. The van der Waals surface area contributed by atoms with Crippen molar-refractivity contribution in [1.29, 1.82) is 0 Å². The van der Waals surface area contributed by atoms with Crippen molar-refractivity contribution < 1.29 is 9.53 Å². The molecule has 2 rings (SSSR count). The number of hydrogen-bond donors (Lipinski definition) is 2. The lowest BCUT2D eigenvalue weighted by molar-refractivity contribution is -0.121. The third kappa shape index (κ3) is 2.72. The van der Waals surface area contributed by atoms with Crippen molar-refractivity contribution in [2.45, 2.75) is 12.0 Å². The zero-order chi connectivity index (χ0) is 12.5. The molecule has 17 heavy (non-hydrogen) atoms. The van der Waals surface area contributed by atoms with Crippen LogP contribution in [-0.2, 0) is 9.53 Å². The van der Waals surface area contributed by atoms with Gasteiger partial charge in [-0.15, -0.1) is 0 Å². The number of anilines is 1. The predicted molar refractivity (Wildman–Crippen MR) is 67.4 cm³/mol. The number of hydrogen-bond acceptors (Lipinski definition) is 3. The minimum atomic E-state index is -0.952. The zero-order valence-electron chi connectivity index (χ0n) is 9.00. The van der Waals surface area contributed by atoms with E-state index < -0.39 is 5.54 Å². The molecular weight excluding hydrogens is 263 g/mol. The number of amides is 1. The Balaban J connectivity index is 2.10. The Bertz CT molecular complexity index is 445. The molecule has 1 aromatic rings. The molecule has 1 aliphatic heterocycles. The van der Waals surface area contributed by atoms with Crippen molar-refractivity contribution in [3.8, 4) is 0 Å². The molecule has 0 radical (unpaired) electrons. The standard InChI is InChI=1S/C11H12Cl2N2O2/c12-8-2-1-7(5-9(8)13)15-10(16)11(14)3-4-17-6-11/h1-2,5H,3-4,6,14H2,(H,15,16). The minimum Gasteiger partial charge on any atom is -0.379 e. The summed E-state index contributed by atoms with van der Waals surface area (Å²) in [5.74, 6) is -0.270. The van der Waals surface area contributed by atoms with Gasteiger partial charge in [-0.2, -0.15) is 0 Å². The molecule has 6 heteroatoms. The van der Waals surface area contributed by atoms with Crippen LogP contribution in [-0.4, -0.2) is 24.7 Å². The van der Waals surface area contributed by atoms with E-state index in [0.717, 1.165) is 0 Å². The molecule has 0 saturated carbocycles. The Morgan fingerprint density at radius 1 is 1.41 bits per heavy atom. The van der Waals surface area contributed by atoms with Gasteiger partial charge in [0.15, 0.2) is 0 Å². The van der Waals surface area contributed by atoms with Gasteiger partial charge in [-0.05, 0) is 24.6 Å². The molecule has 0 spiro atoms. The van der Waals surface area contributed by atoms with E-state index in [1.54, 1.807) is 18.2 Å². The van der Waals surface area contributed by atoms with Crippen molar-refractivity contribution in [2.24, 2.45) is 5.73 Å². The SMILES string of the molecule is NC1(C(=O)Nc2ccc(Cl)c(Cl)c2)CCOC1. The summed E-state index contributed by atoms with van der Waals surface area (Å²) in [5, 5.41) is 3.53. The maximum atomic E-state index is 11.9. The zero-order valence-corrected chi connectivity index (χ0v) is 10.5. The summed E-state index contributed by atoms with van der Waals surface area (Å²) >= 11 is 11.6. The number of nitrogens with two attached hydrogens (primary N) is 1. The molecule has 1 amide bonds. The number of nitrogens with one attached hydrogen (secondary N) is 1. The van der Waals surface area contributed by atoms with Crippen LogP contribution in [0.3, 0.4) is 0 Å². The van der Waals surface area contributed by atoms with Crippen LogP contribution in [0.1, 0.15) is 6.42 Å². The van der Waals surface area contributed by atoms with Gasteiger partial charge in [-0.25, -0.2) is 0 Å². The molecule has 1 aliphatic rings. The minimum absolute atomic E-state index is 0.236. The summed E-state index contributed by atoms with van der Waals surface area (Å²) < 4.78 is 5.13. The molecule has 4 nitrogen and oxygen atoms in total. The third-order valence-corrected chi connectivity index (χ3v) is 3.42. The maximum Gasteiger partial charge on any atom is 0.246 e. The summed E-state index contributed by atoms with van der Waals surface area (Å²) in [6.07, 6.45) is 0.514. The molecule has 0 aromatic heterocycles. The first-order chi connectivity index (χ1) is 8.01. The summed E-state index contributed by atoms with van der Waals surface area (Å²) in [4.78, 5) is 11.9. The molecule has 0 bridgehead atoms.